The number of nitrogens with two attached hydrogens (primary N) is 1. The summed E-state index contributed by atoms with van der Waals surface area (Å²) in [5.41, 5.74) is 6.44. The van der Waals surface area contributed by atoms with Gasteiger partial charge in [-0.1, -0.05) is 11.6 Å². The highest BCUT2D eigenvalue weighted by molar-refractivity contribution is 7.16. The predicted molar refractivity (Wildman–Crippen MR) is 42.0 cm³/mol. The Hall–Kier alpha value is -0.0500. The van der Waals surface area contributed by atoms with E-state index in [1.807, 2.05) is 13.0 Å². The van der Waals surface area contributed by atoms with E-state index < -0.39 is 0 Å². The first-order chi connectivity index (χ1) is 4.24. The third-order valence-corrected chi connectivity index (χ3v) is 2.46. The molecule has 0 aromatic carbocycles. The summed E-state index contributed by atoms with van der Waals surface area (Å²) in [7, 11) is 0. The van der Waals surface area contributed by atoms with Crippen LogP contribution in [0.4, 0.5) is 0 Å². The molecule has 2 N–H and O–H groups in total. The van der Waals surface area contributed by atoms with Crippen molar-refractivity contribution in [1.82, 2.24) is 0 Å². The molecule has 1 aromatic rings. The van der Waals surface area contributed by atoms with Gasteiger partial charge in [0.05, 0.1) is 4.34 Å². The molecule has 0 spiro atoms. The van der Waals surface area contributed by atoms with Crippen molar-refractivity contribution >= 4 is 22.9 Å². The molecule has 3 heteroatoms. The van der Waals surface area contributed by atoms with Gasteiger partial charge in [-0.05, 0) is 18.6 Å². The van der Waals surface area contributed by atoms with Crippen LogP contribution in [0.5, 0.6) is 0 Å². The highest BCUT2D eigenvalue weighted by atomic mass is 35.5. The summed E-state index contributed by atoms with van der Waals surface area (Å²) in [5, 5.41) is 0. The van der Waals surface area contributed by atoms with Crippen LogP contribution >= 0.6 is 22.9 Å². The topological polar surface area (TPSA) is 26.0 Å². The van der Waals surface area contributed by atoms with Gasteiger partial charge < -0.3 is 5.73 Å². The van der Waals surface area contributed by atoms with Gasteiger partial charge in [0.15, 0.2) is 0 Å². The highest BCUT2D eigenvalue weighted by Gasteiger charge is 2.00. The summed E-state index contributed by atoms with van der Waals surface area (Å²) >= 11 is 7.36. The van der Waals surface area contributed by atoms with Gasteiger partial charge in [-0.2, -0.15) is 0 Å². The van der Waals surface area contributed by atoms with Crippen LogP contribution in [-0.4, -0.2) is 0 Å². The molecule has 0 unspecified atom stereocenters. The number of hydrogen-bond acceptors (Lipinski definition) is 2. The molecular weight excluding hydrogens is 154 g/mol. The van der Waals surface area contributed by atoms with Gasteiger partial charge in [0.25, 0.3) is 0 Å². The standard InChI is InChI=1S/C6H8ClNS/c1-4-2-5(3-8)6(7)9-4/h2H,3,8H2,1H3. The Bertz CT molecular complexity index is 207. The van der Waals surface area contributed by atoms with Crippen molar-refractivity contribution in [3.8, 4) is 0 Å². The van der Waals surface area contributed by atoms with Crippen LogP contribution < -0.4 is 5.73 Å². The third-order valence-electron chi connectivity index (χ3n) is 1.10. The normalized spacial score (nSPS) is 10.1. The molecule has 0 aliphatic heterocycles. The molecular formula is C6H8ClNS. The van der Waals surface area contributed by atoms with Gasteiger partial charge in [0.1, 0.15) is 0 Å². The van der Waals surface area contributed by atoms with Crippen molar-refractivity contribution in [2.75, 3.05) is 0 Å². The lowest BCUT2D eigenvalue weighted by atomic mass is 10.3. The first-order valence-electron chi connectivity index (χ1n) is 2.69. The van der Waals surface area contributed by atoms with E-state index in [1.54, 1.807) is 11.3 Å². The molecule has 0 amide bonds. The van der Waals surface area contributed by atoms with Crippen LogP contribution in [0.25, 0.3) is 0 Å². The summed E-state index contributed by atoms with van der Waals surface area (Å²) in [6, 6.07) is 2.02. The Labute approximate surface area is 63.4 Å². The lowest BCUT2D eigenvalue weighted by Gasteiger charge is -1.86. The maximum absolute atomic E-state index is 5.78. The largest absolute Gasteiger partial charge is 0.326 e. The zero-order chi connectivity index (χ0) is 6.85. The van der Waals surface area contributed by atoms with Gasteiger partial charge in [-0.25, -0.2) is 0 Å². The van der Waals surface area contributed by atoms with Crippen LogP contribution in [0.2, 0.25) is 4.34 Å². The maximum Gasteiger partial charge on any atom is 0.0975 e. The molecule has 1 rings (SSSR count). The van der Waals surface area contributed by atoms with Gasteiger partial charge in [0.2, 0.25) is 0 Å². The van der Waals surface area contributed by atoms with E-state index in [0.717, 1.165) is 9.90 Å². The Kier molecular flexibility index (Phi) is 2.11. The first-order valence-corrected chi connectivity index (χ1v) is 3.88. The molecule has 0 radical (unpaired) electrons. The van der Waals surface area contributed by atoms with Crippen LogP contribution in [-0.2, 0) is 6.54 Å². The number of rotatable bonds is 1. The van der Waals surface area contributed by atoms with E-state index in [1.165, 1.54) is 4.88 Å². The van der Waals surface area contributed by atoms with E-state index in [4.69, 9.17) is 17.3 Å². The average Bonchev–Trinajstić information content (AvgIpc) is 2.10. The number of hydrogen-bond donors (Lipinski definition) is 1. The van der Waals surface area contributed by atoms with E-state index in [9.17, 15) is 0 Å². The van der Waals surface area contributed by atoms with E-state index in [0.29, 0.717) is 6.54 Å². The summed E-state index contributed by atoms with van der Waals surface area (Å²) in [6.07, 6.45) is 0. The highest BCUT2D eigenvalue weighted by Crippen LogP contribution is 2.25. The van der Waals surface area contributed by atoms with E-state index in [2.05, 4.69) is 0 Å². The average molecular weight is 162 g/mol. The number of thiophene rings is 1. The van der Waals surface area contributed by atoms with Gasteiger partial charge in [0, 0.05) is 11.4 Å². The predicted octanol–water partition coefficient (Wildman–Crippen LogP) is 2.17. The zero-order valence-corrected chi connectivity index (χ0v) is 6.72. The number of halogens is 1. The molecule has 0 fully saturated rings. The molecule has 1 aromatic heterocycles. The summed E-state index contributed by atoms with van der Waals surface area (Å²) in [4.78, 5) is 1.22. The van der Waals surface area contributed by atoms with Crippen LogP contribution in [0.15, 0.2) is 6.07 Å². The van der Waals surface area contributed by atoms with E-state index >= 15 is 0 Å². The smallest absolute Gasteiger partial charge is 0.0975 e. The fourth-order valence-electron chi connectivity index (χ4n) is 0.678. The van der Waals surface area contributed by atoms with Crippen molar-refractivity contribution < 1.29 is 0 Å². The molecule has 0 atom stereocenters. The molecule has 0 aliphatic carbocycles. The van der Waals surface area contributed by atoms with Crippen LogP contribution in [0.1, 0.15) is 10.4 Å². The second-order valence-electron chi connectivity index (χ2n) is 1.86. The maximum atomic E-state index is 5.78. The van der Waals surface area contributed by atoms with Gasteiger partial charge in [-0.3, -0.25) is 0 Å². The third kappa shape index (κ3) is 1.45. The fraction of sp³-hybridized carbons (Fsp3) is 0.333. The minimum absolute atomic E-state index is 0.545. The molecule has 1 heterocycles. The molecule has 0 aliphatic rings. The first kappa shape index (κ1) is 7.06. The Balaban J connectivity index is 3.01. The van der Waals surface area contributed by atoms with Crippen molar-refractivity contribution in [2.24, 2.45) is 5.73 Å². The van der Waals surface area contributed by atoms with E-state index in [-0.39, 0.29) is 0 Å². The monoisotopic (exact) mass is 161 g/mol. The van der Waals surface area contributed by atoms with Gasteiger partial charge in [-0.15, -0.1) is 11.3 Å². The second-order valence-corrected chi connectivity index (χ2v) is 3.72. The molecule has 0 saturated heterocycles. The summed E-state index contributed by atoms with van der Waals surface area (Å²) < 4.78 is 0.829. The summed E-state index contributed by atoms with van der Waals surface area (Å²) in [5.74, 6) is 0. The Morgan fingerprint density at radius 3 is 2.67 bits per heavy atom. The van der Waals surface area contributed by atoms with Crippen molar-refractivity contribution in [3.05, 3.63) is 20.8 Å². The lowest BCUT2D eigenvalue weighted by Crippen LogP contribution is -1.93. The SMILES string of the molecule is Cc1cc(CN)c(Cl)s1. The molecule has 1 nitrogen and oxygen atoms in total. The molecule has 0 saturated carbocycles. The Morgan fingerprint density at radius 1 is 1.78 bits per heavy atom. The van der Waals surface area contributed by atoms with Gasteiger partial charge >= 0.3 is 0 Å². The minimum atomic E-state index is 0.545. The molecule has 50 valence electrons. The number of aryl methyl sites for hydroxylation is 1. The lowest BCUT2D eigenvalue weighted by molar-refractivity contribution is 1.08. The summed E-state index contributed by atoms with van der Waals surface area (Å²) in [6.45, 7) is 2.57. The van der Waals surface area contributed by atoms with Crippen molar-refractivity contribution in [1.29, 1.82) is 0 Å². The van der Waals surface area contributed by atoms with Crippen LogP contribution in [0, 0.1) is 6.92 Å². The zero-order valence-electron chi connectivity index (χ0n) is 5.15. The molecule has 0 bridgehead atoms. The van der Waals surface area contributed by atoms with Crippen LogP contribution in [0.3, 0.4) is 0 Å². The molecule has 9 heavy (non-hydrogen) atoms. The minimum Gasteiger partial charge on any atom is -0.326 e. The second kappa shape index (κ2) is 2.69. The van der Waals surface area contributed by atoms with Crippen molar-refractivity contribution in [2.45, 2.75) is 13.5 Å². The van der Waals surface area contributed by atoms with Crippen molar-refractivity contribution in [3.63, 3.8) is 0 Å². The Morgan fingerprint density at radius 2 is 2.44 bits per heavy atom. The quantitative estimate of drug-likeness (QED) is 0.672. The fourth-order valence-corrected chi connectivity index (χ4v) is 1.93.